The number of phenolic OH excluding ortho intramolecular Hbond substituents is 1. The number of aromatic nitrogens is 3. The molecule has 24 nitrogen and oxygen atoms in total. The fraction of sp³-hybridized carbons (Fsp3) is 0.768. The fourth-order valence-electron chi connectivity index (χ4n) is 6.81. The number of hydrogen-bond acceptors (Lipinski definition) is 23. The number of hydrogen-bond donors (Lipinski definition) is 1. The molecule has 0 atom stereocenters. The van der Waals surface area contributed by atoms with E-state index in [9.17, 15) is 9.90 Å². The van der Waals surface area contributed by atoms with Gasteiger partial charge in [0.25, 0.3) is 0 Å². The Balaban J connectivity index is 0.929. The number of aromatic hydroxyl groups is 1. The summed E-state index contributed by atoms with van der Waals surface area (Å²) in [6, 6.07) is 11.3. The lowest BCUT2D eigenvalue weighted by Crippen LogP contribution is -2.16. The van der Waals surface area contributed by atoms with Crippen LogP contribution in [0.5, 0.6) is 5.75 Å². The summed E-state index contributed by atoms with van der Waals surface area (Å²) in [7, 11) is 1.64. The van der Waals surface area contributed by atoms with Crippen LogP contribution in [0.25, 0.3) is 16.7 Å². The number of fused-ring (bicyclic) bond motifs is 1. The van der Waals surface area contributed by atoms with E-state index in [1.165, 1.54) is 4.80 Å². The second-order valence-corrected chi connectivity index (χ2v) is 18.4. The molecule has 80 heavy (non-hydrogen) atoms. The Kier molecular flexibility index (Phi) is 44.1. The Hall–Kier alpha value is -3.61. The molecule has 0 amide bonds. The predicted octanol–water partition coefficient (Wildman–Crippen LogP) is 3.83. The summed E-state index contributed by atoms with van der Waals surface area (Å²) in [6.07, 6.45) is 0.606. The van der Waals surface area contributed by atoms with Gasteiger partial charge in [0.05, 0.1) is 231 Å². The summed E-state index contributed by atoms with van der Waals surface area (Å²) in [5.41, 5.74) is 3.18. The van der Waals surface area contributed by atoms with Crippen molar-refractivity contribution in [1.82, 2.24) is 15.0 Å². The first-order valence-corrected chi connectivity index (χ1v) is 27.9. The predicted molar refractivity (Wildman–Crippen MR) is 294 cm³/mol. The monoisotopic (exact) mass is 1150 g/mol. The third-order valence-electron chi connectivity index (χ3n) is 11.0. The molecule has 0 unspecified atom stereocenters. The van der Waals surface area contributed by atoms with Gasteiger partial charge in [-0.25, -0.2) is 0 Å². The van der Waals surface area contributed by atoms with E-state index < -0.39 is 0 Å². The zero-order valence-corrected chi connectivity index (χ0v) is 48.3. The van der Waals surface area contributed by atoms with Crippen LogP contribution in [0.2, 0.25) is 0 Å². The number of carbonyl (C=O) groups excluding carboxylic acids is 1. The van der Waals surface area contributed by atoms with E-state index in [1.807, 2.05) is 57.2 Å². The molecule has 0 aliphatic rings. The van der Waals surface area contributed by atoms with Crippen LogP contribution in [0.3, 0.4) is 0 Å². The Morgan fingerprint density at radius 1 is 0.412 bits per heavy atom. The van der Waals surface area contributed by atoms with Crippen molar-refractivity contribution in [3.63, 3.8) is 0 Å². The maximum Gasteiger partial charge on any atom is 0.306 e. The first-order valence-electron chi connectivity index (χ1n) is 27.9. The molecule has 0 saturated carbocycles. The van der Waals surface area contributed by atoms with E-state index in [-0.39, 0.29) is 36.8 Å². The van der Waals surface area contributed by atoms with Crippen molar-refractivity contribution in [1.29, 1.82) is 0 Å². The summed E-state index contributed by atoms with van der Waals surface area (Å²) in [4.78, 5) is 14.0. The minimum Gasteiger partial charge on any atom is -0.505 e. The topological polar surface area (TPSA) is 243 Å². The first-order chi connectivity index (χ1) is 39.3. The molecule has 0 bridgehead atoms. The van der Waals surface area contributed by atoms with Gasteiger partial charge in [0, 0.05) is 19.1 Å². The summed E-state index contributed by atoms with van der Waals surface area (Å²) < 4.78 is 104. The van der Waals surface area contributed by atoms with Gasteiger partial charge >= 0.3 is 5.97 Å². The average Bonchev–Trinajstić information content (AvgIpc) is 3.90. The van der Waals surface area contributed by atoms with Gasteiger partial charge in [-0.1, -0.05) is 39.0 Å². The molecule has 0 saturated heterocycles. The summed E-state index contributed by atoms with van der Waals surface area (Å²) in [5, 5.41) is 20.3. The van der Waals surface area contributed by atoms with Crippen LogP contribution >= 0.6 is 0 Å². The molecule has 0 fully saturated rings. The fourth-order valence-corrected chi connectivity index (χ4v) is 6.81. The second-order valence-electron chi connectivity index (χ2n) is 18.4. The molecule has 24 heteroatoms. The summed E-state index contributed by atoms with van der Waals surface area (Å²) >= 11 is 0. The lowest BCUT2D eigenvalue weighted by molar-refractivity contribution is -0.145. The number of rotatable bonds is 58. The van der Waals surface area contributed by atoms with Crippen molar-refractivity contribution in [3.8, 4) is 11.4 Å². The summed E-state index contributed by atoms with van der Waals surface area (Å²) in [6.45, 7) is 22.9. The second kappa shape index (κ2) is 50.0. The maximum atomic E-state index is 12.5. The smallest absolute Gasteiger partial charge is 0.306 e. The molecular formula is C56H95N3O21. The highest BCUT2D eigenvalue weighted by Crippen LogP contribution is 2.36. The first kappa shape index (κ1) is 70.7. The molecule has 3 rings (SSSR count). The quantitative estimate of drug-likeness (QED) is 0.0624. The van der Waals surface area contributed by atoms with Crippen molar-refractivity contribution in [3.05, 3.63) is 47.5 Å². The van der Waals surface area contributed by atoms with Crippen LogP contribution < -0.4 is 0 Å². The molecule has 460 valence electrons. The van der Waals surface area contributed by atoms with Gasteiger partial charge in [0.2, 0.25) is 0 Å². The number of benzene rings is 2. The van der Waals surface area contributed by atoms with Crippen molar-refractivity contribution >= 4 is 17.0 Å². The van der Waals surface area contributed by atoms with Gasteiger partial charge in [-0.15, -0.1) is 15.0 Å². The van der Waals surface area contributed by atoms with E-state index in [0.717, 1.165) is 22.2 Å². The highest BCUT2D eigenvalue weighted by atomic mass is 16.6. The van der Waals surface area contributed by atoms with Crippen molar-refractivity contribution in [2.75, 3.05) is 245 Å². The average molecular weight is 1150 g/mol. The number of methoxy groups -OCH3 is 1. The zero-order valence-electron chi connectivity index (χ0n) is 48.3. The van der Waals surface area contributed by atoms with Crippen molar-refractivity contribution in [2.24, 2.45) is 0 Å². The van der Waals surface area contributed by atoms with Crippen LogP contribution in [0.1, 0.15) is 38.3 Å². The number of nitrogens with zero attached hydrogens (tertiary/aromatic N) is 3. The van der Waals surface area contributed by atoms with E-state index in [1.54, 1.807) is 7.11 Å². The van der Waals surface area contributed by atoms with Gasteiger partial charge in [-0.2, -0.15) is 0 Å². The maximum absolute atomic E-state index is 12.5. The number of carbonyl (C=O) groups is 1. The number of aryl methyl sites for hydroxylation is 1. The minimum atomic E-state index is -0.347. The standard InChI is InChI=1S/C56H95N3O21/c1-56(2,3)50-47-49(48-53(55(50)61)59-57-51-7-5-6-8-52(51)58-59)9-10-54(60)80-46-45-79-44-43-78-42-41-77-40-39-76-38-37-75-36-35-74-34-33-73-32-31-72-30-29-71-28-27-70-26-25-69-24-23-68-22-21-67-20-19-66-18-17-65-16-15-64-14-13-63-12-11-62-4/h5-8,47-48,61H,9-46H2,1-4H3. The third-order valence-corrected chi connectivity index (χ3v) is 11.0. The lowest BCUT2D eigenvalue weighted by atomic mass is 9.84. The van der Waals surface area contributed by atoms with E-state index >= 15 is 0 Å². The Labute approximate surface area is 473 Å². The van der Waals surface area contributed by atoms with Crippen LogP contribution in [0, 0.1) is 0 Å². The van der Waals surface area contributed by atoms with Crippen molar-refractivity contribution in [2.45, 2.75) is 39.0 Å². The molecule has 0 spiro atoms. The van der Waals surface area contributed by atoms with Gasteiger partial charge in [-0.05, 0) is 35.6 Å². The number of phenols is 1. The Morgan fingerprint density at radius 3 is 0.938 bits per heavy atom. The SMILES string of the molecule is COCCOCCOCCOCCOCCOCCOCCOCCOCCOCCOCCOCCOCCOCCOCCOCCOCCOCCOC(=O)CCc1cc(-n2nc3ccccc3n2)c(O)c(C(C)(C)C)c1. The van der Waals surface area contributed by atoms with Gasteiger partial charge in [-0.3, -0.25) is 4.79 Å². The Bertz CT molecular complexity index is 1860. The summed E-state index contributed by atoms with van der Waals surface area (Å²) in [5.74, 6) is -0.219. The third kappa shape index (κ3) is 38.2. The van der Waals surface area contributed by atoms with Gasteiger partial charge < -0.3 is 95.1 Å². The van der Waals surface area contributed by atoms with Crippen LogP contribution in [0.15, 0.2) is 36.4 Å². The normalized spacial score (nSPS) is 11.9. The number of ether oxygens (including phenoxy) is 19. The molecular weight excluding hydrogens is 1050 g/mol. The van der Waals surface area contributed by atoms with E-state index in [2.05, 4.69) is 10.2 Å². The molecule has 3 aromatic rings. The molecule has 1 heterocycles. The lowest BCUT2D eigenvalue weighted by Gasteiger charge is -2.23. The highest BCUT2D eigenvalue weighted by Gasteiger charge is 2.23. The molecule has 0 aliphatic heterocycles. The van der Waals surface area contributed by atoms with Crippen LogP contribution in [0.4, 0.5) is 0 Å². The number of esters is 1. The van der Waals surface area contributed by atoms with E-state index in [0.29, 0.717) is 237 Å². The van der Waals surface area contributed by atoms with Gasteiger partial charge in [0.1, 0.15) is 29.1 Å². The largest absolute Gasteiger partial charge is 0.505 e. The molecule has 1 N–H and O–H groups in total. The molecule has 0 aliphatic carbocycles. The van der Waals surface area contributed by atoms with Crippen LogP contribution in [-0.2, 0) is 107 Å². The molecule has 0 radical (unpaired) electrons. The van der Waals surface area contributed by atoms with Crippen LogP contribution in [-0.4, -0.2) is 271 Å². The minimum absolute atomic E-state index is 0.114. The van der Waals surface area contributed by atoms with Gasteiger partial charge in [0.15, 0.2) is 0 Å². The Morgan fingerprint density at radius 2 is 0.675 bits per heavy atom. The van der Waals surface area contributed by atoms with E-state index in [4.69, 9.17) is 90.0 Å². The molecule has 2 aromatic carbocycles. The zero-order chi connectivity index (χ0) is 57.1. The van der Waals surface area contributed by atoms with Crippen molar-refractivity contribution < 1.29 is 99.9 Å². The highest BCUT2D eigenvalue weighted by molar-refractivity contribution is 5.74. The molecule has 1 aromatic heterocycles.